The van der Waals surface area contributed by atoms with Gasteiger partial charge >= 0.3 is 0 Å². The van der Waals surface area contributed by atoms with Gasteiger partial charge in [0.25, 0.3) is 5.91 Å². The highest BCUT2D eigenvalue weighted by molar-refractivity contribution is 5.98. The van der Waals surface area contributed by atoms with Crippen LogP contribution >= 0.6 is 0 Å². The number of amides is 1. The second kappa shape index (κ2) is 3.05. The van der Waals surface area contributed by atoms with Crippen LogP contribution in [-0.2, 0) is 0 Å². The first-order chi connectivity index (χ1) is 6.29. The van der Waals surface area contributed by atoms with Crippen molar-refractivity contribution in [2.75, 3.05) is 13.6 Å². The van der Waals surface area contributed by atoms with Crippen LogP contribution < -0.4 is 0 Å². The van der Waals surface area contributed by atoms with Gasteiger partial charge < -0.3 is 4.90 Å². The standard InChI is InChI=1S/C11H11NO/c1-12-8-4-6-9-5-2-3-7-10(9)11(12)13/h2-7H,8H2,1H3. The van der Waals surface area contributed by atoms with E-state index in [1.807, 2.05) is 43.5 Å². The minimum absolute atomic E-state index is 0.0978. The van der Waals surface area contributed by atoms with Crippen molar-refractivity contribution in [2.24, 2.45) is 0 Å². The van der Waals surface area contributed by atoms with Crippen molar-refractivity contribution in [1.82, 2.24) is 4.90 Å². The van der Waals surface area contributed by atoms with Gasteiger partial charge in [0, 0.05) is 19.2 Å². The Labute approximate surface area is 77.5 Å². The highest BCUT2D eigenvalue weighted by atomic mass is 16.2. The molecule has 0 saturated carbocycles. The number of hydrogen-bond donors (Lipinski definition) is 0. The number of carbonyl (C=O) groups is 1. The minimum atomic E-state index is 0.0978. The summed E-state index contributed by atoms with van der Waals surface area (Å²) in [6, 6.07) is 7.66. The summed E-state index contributed by atoms with van der Waals surface area (Å²) in [6.07, 6.45) is 4.00. The van der Waals surface area contributed by atoms with Gasteiger partial charge in [-0.05, 0) is 11.6 Å². The summed E-state index contributed by atoms with van der Waals surface area (Å²) >= 11 is 0. The summed E-state index contributed by atoms with van der Waals surface area (Å²) in [5.74, 6) is 0.0978. The minimum Gasteiger partial charge on any atom is -0.338 e. The molecule has 0 saturated heterocycles. The van der Waals surface area contributed by atoms with Crippen molar-refractivity contribution >= 4 is 12.0 Å². The monoisotopic (exact) mass is 173 g/mol. The topological polar surface area (TPSA) is 20.3 Å². The van der Waals surface area contributed by atoms with Crippen molar-refractivity contribution in [3.8, 4) is 0 Å². The molecule has 2 heteroatoms. The summed E-state index contributed by atoms with van der Waals surface area (Å²) in [7, 11) is 1.81. The number of rotatable bonds is 0. The molecule has 2 rings (SSSR count). The largest absolute Gasteiger partial charge is 0.338 e. The molecule has 1 aromatic rings. The summed E-state index contributed by atoms with van der Waals surface area (Å²) in [5.41, 5.74) is 1.80. The van der Waals surface area contributed by atoms with Crippen LogP contribution in [0.1, 0.15) is 15.9 Å². The number of hydrogen-bond acceptors (Lipinski definition) is 1. The lowest BCUT2D eigenvalue weighted by Crippen LogP contribution is -2.25. The highest BCUT2D eigenvalue weighted by Crippen LogP contribution is 2.15. The van der Waals surface area contributed by atoms with Crippen molar-refractivity contribution in [1.29, 1.82) is 0 Å². The lowest BCUT2D eigenvalue weighted by Gasteiger charge is -2.13. The van der Waals surface area contributed by atoms with Gasteiger partial charge in [0.15, 0.2) is 0 Å². The SMILES string of the molecule is CN1CC=Cc2ccccc2C1=O. The van der Waals surface area contributed by atoms with Crippen LogP contribution in [0.25, 0.3) is 6.08 Å². The first kappa shape index (κ1) is 8.05. The number of benzene rings is 1. The summed E-state index contributed by atoms with van der Waals surface area (Å²) in [6.45, 7) is 0.688. The van der Waals surface area contributed by atoms with Gasteiger partial charge in [0.2, 0.25) is 0 Å². The van der Waals surface area contributed by atoms with Gasteiger partial charge in [0.1, 0.15) is 0 Å². The molecule has 0 aliphatic carbocycles. The zero-order valence-corrected chi connectivity index (χ0v) is 7.53. The molecule has 0 N–H and O–H groups in total. The Bertz CT molecular complexity index is 368. The zero-order chi connectivity index (χ0) is 9.26. The molecular weight excluding hydrogens is 162 g/mol. The average Bonchev–Trinajstić information content (AvgIpc) is 2.29. The Kier molecular flexibility index (Phi) is 1.89. The van der Waals surface area contributed by atoms with Gasteiger partial charge in [-0.3, -0.25) is 4.79 Å². The molecule has 0 spiro atoms. The molecule has 0 atom stereocenters. The molecule has 0 radical (unpaired) electrons. The lowest BCUT2D eigenvalue weighted by atomic mass is 10.1. The lowest BCUT2D eigenvalue weighted by molar-refractivity contribution is 0.0811. The maximum atomic E-state index is 11.7. The summed E-state index contributed by atoms with van der Waals surface area (Å²) < 4.78 is 0. The molecule has 1 aromatic carbocycles. The fourth-order valence-electron chi connectivity index (χ4n) is 1.46. The molecule has 2 nitrogen and oxygen atoms in total. The number of fused-ring (bicyclic) bond motifs is 1. The van der Waals surface area contributed by atoms with Gasteiger partial charge in [-0.25, -0.2) is 0 Å². The van der Waals surface area contributed by atoms with Crippen LogP contribution in [0.2, 0.25) is 0 Å². The molecule has 1 aliphatic heterocycles. The van der Waals surface area contributed by atoms with E-state index in [4.69, 9.17) is 0 Å². The summed E-state index contributed by atoms with van der Waals surface area (Å²) in [5, 5.41) is 0. The van der Waals surface area contributed by atoms with Crippen LogP contribution in [0.4, 0.5) is 0 Å². The number of nitrogens with zero attached hydrogens (tertiary/aromatic N) is 1. The van der Waals surface area contributed by atoms with Crippen molar-refractivity contribution in [2.45, 2.75) is 0 Å². The van der Waals surface area contributed by atoms with Crippen molar-refractivity contribution < 1.29 is 4.79 Å². The van der Waals surface area contributed by atoms with Crippen LogP contribution in [0.15, 0.2) is 30.3 Å². The number of likely N-dealkylation sites (N-methyl/N-ethyl adjacent to an activating group) is 1. The fourth-order valence-corrected chi connectivity index (χ4v) is 1.46. The normalized spacial score (nSPS) is 15.5. The van der Waals surface area contributed by atoms with Crippen LogP contribution in [-0.4, -0.2) is 24.4 Å². The van der Waals surface area contributed by atoms with Crippen molar-refractivity contribution in [3.05, 3.63) is 41.5 Å². The van der Waals surface area contributed by atoms with E-state index in [0.29, 0.717) is 6.54 Å². The molecule has 1 heterocycles. The third-order valence-corrected chi connectivity index (χ3v) is 2.21. The average molecular weight is 173 g/mol. The summed E-state index contributed by atoms with van der Waals surface area (Å²) in [4.78, 5) is 13.4. The van der Waals surface area contributed by atoms with E-state index in [1.54, 1.807) is 4.90 Å². The first-order valence-electron chi connectivity index (χ1n) is 4.30. The van der Waals surface area contributed by atoms with Gasteiger partial charge in [-0.1, -0.05) is 30.4 Å². The third kappa shape index (κ3) is 1.35. The predicted molar refractivity (Wildman–Crippen MR) is 52.4 cm³/mol. The molecular formula is C11H11NO. The molecule has 66 valence electrons. The maximum absolute atomic E-state index is 11.7. The molecule has 0 unspecified atom stereocenters. The Balaban J connectivity index is 2.55. The molecule has 1 aliphatic rings. The Morgan fingerprint density at radius 2 is 2.08 bits per heavy atom. The molecule has 0 aromatic heterocycles. The van der Waals surface area contributed by atoms with Gasteiger partial charge in [0.05, 0.1) is 0 Å². The van der Waals surface area contributed by atoms with E-state index < -0.39 is 0 Å². The zero-order valence-electron chi connectivity index (χ0n) is 7.53. The molecule has 13 heavy (non-hydrogen) atoms. The van der Waals surface area contributed by atoms with Gasteiger partial charge in [-0.15, -0.1) is 0 Å². The Morgan fingerprint density at radius 3 is 2.92 bits per heavy atom. The van der Waals surface area contributed by atoms with Crippen LogP contribution in [0, 0.1) is 0 Å². The molecule has 0 bridgehead atoms. The van der Waals surface area contributed by atoms with E-state index in [1.165, 1.54) is 0 Å². The Morgan fingerprint density at radius 1 is 1.31 bits per heavy atom. The van der Waals surface area contributed by atoms with E-state index in [2.05, 4.69) is 0 Å². The molecule has 1 amide bonds. The second-order valence-corrected chi connectivity index (χ2v) is 3.18. The highest BCUT2D eigenvalue weighted by Gasteiger charge is 2.15. The quantitative estimate of drug-likeness (QED) is 0.585. The van der Waals surface area contributed by atoms with Crippen LogP contribution in [0.3, 0.4) is 0 Å². The smallest absolute Gasteiger partial charge is 0.254 e. The van der Waals surface area contributed by atoms with Crippen molar-refractivity contribution in [3.63, 3.8) is 0 Å². The predicted octanol–water partition coefficient (Wildman–Crippen LogP) is 1.79. The fraction of sp³-hybridized carbons (Fsp3) is 0.182. The van der Waals surface area contributed by atoms with E-state index in [-0.39, 0.29) is 5.91 Å². The van der Waals surface area contributed by atoms with E-state index >= 15 is 0 Å². The second-order valence-electron chi connectivity index (χ2n) is 3.18. The third-order valence-electron chi connectivity index (χ3n) is 2.21. The maximum Gasteiger partial charge on any atom is 0.254 e. The Hall–Kier alpha value is -1.57. The van der Waals surface area contributed by atoms with Crippen LogP contribution in [0.5, 0.6) is 0 Å². The van der Waals surface area contributed by atoms with E-state index in [9.17, 15) is 4.79 Å². The van der Waals surface area contributed by atoms with Gasteiger partial charge in [-0.2, -0.15) is 0 Å². The number of carbonyl (C=O) groups excluding carboxylic acids is 1. The van der Waals surface area contributed by atoms with E-state index in [0.717, 1.165) is 11.1 Å². The first-order valence-corrected chi connectivity index (χ1v) is 4.30. The molecule has 0 fully saturated rings.